The second kappa shape index (κ2) is 8.18. The molecular formula is C27H30N2O2. The van der Waals surface area contributed by atoms with E-state index in [1.807, 2.05) is 11.0 Å². The molecule has 2 heterocycles. The first kappa shape index (κ1) is 21.1. The summed E-state index contributed by atoms with van der Waals surface area (Å²) in [7, 11) is 1.63. The number of carbonyl (C=O) groups excluding carboxylic acids is 1. The first-order valence-corrected chi connectivity index (χ1v) is 10.9. The molecule has 0 bridgehead atoms. The molecule has 0 saturated heterocycles. The number of carbonyl (C=O) groups is 1. The predicted octanol–water partition coefficient (Wildman–Crippen LogP) is 6.01. The summed E-state index contributed by atoms with van der Waals surface area (Å²) >= 11 is 0. The number of amides is 1. The number of pyridine rings is 1. The number of rotatable bonds is 4. The molecule has 2 aromatic carbocycles. The third kappa shape index (κ3) is 3.71. The third-order valence-corrected chi connectivity index (χ3v) is 6.24. The quantitative estimate of drug-likeness (QED) is 0.525. The van der Waals surface area contributed by atoms with Crippen molar-refractivity contribution in [2.45, 2.75) is 47.0 Å². The Labute approximate surface area is 184 Å². The highest BCUT2D eigenvalue weighted by Crippen LogP contribution is 2.36. The van der Waals surface area contributed by atoms with Gasteiger partial charge in [0.2, 0.25) is 0 Å². The Balaban J connectivity index is 1.81. The van der Waals surface area contributed by atoms with E-state index in [9.17, 15) is 4.79 Å². The van der Waals surface area contributed by atoms with E-state index in [0.717, 1.165) is 28.2 Å². The molecular weight excluding hydrogens is 384 g/mol. The van der Waals surface area contributed by atoms with Crippen LogP contribution in [0.4, 0.5) is 5.69 Å². The Morgan fingerprint density at radius 2 is 1.68 bits per heavy atom. The largest absolute Gasteiger partial charge is 0.496 e. The number of aromatic nitrogens is 1. The van der Waals surface area contributed by atoms with E-state index in [2.05, 4.69) is 71.0 Å². The van der Waals surface area contributed by atoms with Gasteiger partial charge in [0.1, 0.15) is 11.3 Å². The van der Waals surface area contributed by atoms with E-state index in [-0.39, 0.29) is 5.91 Å². The first-order valence-electron chi connectivity index (χ1n) is 10.9. The van der Waals surface area contributed by atoms with Crippen molar-refractivity contribution in [1.82, 2.24) is 4.98 Å². The van der Waals surface area contributed by atoms with Gasteiger partial charge in [-0.05, 0) is 55.0 Å². The van der Waals surface area contributed by atoms with Crippen molar-refractivity contribution in [3.63, 3.8) is 0 Å². The van der Waals surface area contributed by atoms with Crippen molar-refractivity contribution < 1.29 is 9.53 Å². The predicted molar refractivity (Wildman–Crippen MR) is 126 cm³/mol. The fourth-order valence-corrected chi connectivity index (χ4v) is 4.45. The number of ether oxygens (including phenoxy) is 1. The number of anilines is 1. The summed E-state index contributed by atoms with van der Waals surface area (Å²) in [6, 6.07) is 14.5. The summed E-state index contributed by atoms with van der Waals surface area (Å²) in [5.74, 6) is 0.959. The van der Waals surface area contributed by atoms with Crippen molar-refractivity contribution in [2.24, 2.45) is 0 Å². The Morgan fingerprint density at radius 1 is 0.968 bits per heavy atom. The second-order valence-corrected chi connectivity index (χ2v) is 8.71. The smallest absolute Gasteiger partial charge is 0.263 e. The number of fused-ring (bicyclic) bond motifs is 1. The van der Waals surface area contributed by atoms with E-state index in [1.165, 1.54) is 16.7 Å². The maximum absolute atomic E-state index is 13.6. The lowest BCUT2D eigenvalue weighted by Gasteiger charge is -2.31. The van der Waals surface area contributed by atoms with Crippen LogP contribution < -0.4 is 9.64 Å². The summed E-state index contributed by atoms with van der Waals surface area (Å²) in [4.78, 5) is 20.4. The van der Waals surface area contributed by atoms with Crippen LogP contribution in [0.5, 0.6) is 5.75 Å². The minimum atomic E-state index is -0.0392. The molecule has 0 radical (unpaired) electrons. The number of hydrogen-bond donors (Lipinski definition) is 0. The average molecular weight is 415 g/mol. The highest BCUT2D eigenvalue weighted by molar-refractivity contribution is 6.10. The Morgan fingerprint density at radius 3 is 2.32 bits per heavy atom. The lowest BCUT2D eigenvalue weighted by atomic mass is 9.95. The number of methoxy groups -OCH3 is 1. The highest BCUT2D eigenvalue weighted by atomic mass is 16.5. The molecule has 31 heavy (non-hydrogen) atoms. The molecule has 1 aliphatic heterocycles. The van der Waals surface area contributed by atoms with Gasteiger partial charge in [-0.2, -0.15) is 0 Å². The Kier molecular flexibility index (Phi) is 5.57. The van der Waals surface area contributed by atoms with E-state index in [4.69, 9.17) is 9.72 Å². The highest BCUT2D eigenvalue weighted by Gasteiger charge is 2.31. The van der Waals surface area contributed by atoms with Gasteiger partial charge < -0.3 is 9.64 Å². The third-order valence-electron chi connectivity index (χ3n) is 6.24. The number of hydrogen-bond acceptors (Lipinski definition) is 3. The topological polar surface area (TPSA) is 42.4 Å². The molecule has 1 aromatic heterocycles. The molecule has 0 fully saturated rings. The van der Waals surface area contributed by atoms with Crippen LogP contribution >= 0.6 is 0 Å². The summed E-state index contributed by atoms with van der Waals surface area (Å²) in [6.45, 7) is 11.2. The van der Waals surface area contributed by atoms with Crippen LogP contribution in [-0.2, 0) is 6.42 Å². The van der Waals surface area contributed by atoms with Gasteiger partial charge in [-0.25, -0.2) is 0 Å². The van der Waals surface area contributed by atoms with Gasteiger partial charge in [0.05, 0.1) is 18.5 Å². The van der Waals surface area contributed by atoms with Gasteiger partial charge in [0.15, 0.2) is 0 Å². The van der Waals surface area contributed by atoms with Gasteiger partial charge in [-0.3, -0.25) is 9.78 Å². The van der Waals surface area contributed by atoms with E-state index >= 15 is 0 Å². The summed E-state index contributed by atoms with van der Waals surface area (Å²) in [5, 5.41) is 0. The SMILES string of the molecule is COc1cc(-c2c(C)cccc2C)nc2c1C(=O)N(c1cc(C(C)C)ccc1C)CC2. The van der Waals surface area contributed by atoms with E-state index in [0.29, 0.717) is 30.2 Å². The molecule has 0 unspecified atom stereocenters. The Hall–Kier alpha value is -3.14. The first-order chi connectivity index (χ1) is 14.8. The molecule has 0 N–H and O–H groups in total. The van der Waals surface area contributed by atoms with Crippen molar-refractivity contribution in [1.29, 1.82) is 0 Å². The van der Waals surface area contributed by atoms with Crippen molar-refractivity contribution in [2.75, 3.05) is 18.6 Å². The summed E-state index contributed by atoms with van der Waals surface area (Å²) < 4.78 is 5.71. The molecule has 160 valence electrons. The van der Waals surface area contributed by atoms with Crippen LogP contribution in [0.1, 0.15) is 58.1 Å². The zero-order chi connectivity index (χ0) is 22.3. The zero-order valence-electron chi connectivity index (χ0n) is 19.2. The molecule has 4 rings (SSSR count). The molecule has 0 spiro atoms. The molecule has 4 heteroatoms. The number of nitrogens with zero attached hydrogens (tertiary/aromatic N) is 2. The van der Waals surface area contributed by atoms with Crippen molar-refractivity contribution in [3.8, 4) is 17.0 Å². The van der Waals surface area contributed by atoms with Crippen LogP contribution in [0, 0.1) is 20.8 Å². The normalized spacial score (nSPS) is 13.5. The molecule has 0 saturated carbocycles. The zero-order valence-corrected chi connectivity index (χ0v) is 19.2. The fourth-order valence-electron chi connectivity index (χ4n) is 4.45. The lowest BCUT2D eigenvalue weighted by molar-refractivity contribution is 0.0976. The minimum absolute atomic E-state index is 0.0392. The van der Waals surface area contributed by atoms with Gasteiger partial charge in [0.25, 0.3) is 5.91 Å². The van der Waals surface area contributed by atoms with E-state index in [1.54, 1.807) is 7.11 Å². The molecule has 0 atom stereocenters. The van der Waals surface area contributed by atoms with Crippen molar-refractivity contribution in [3.05, 3.63) is 76.0 Å². The second-order valence-electron chi connectivity index (χ2n) is 8.71. The molecule has 4 nitrogen and oxygen atoms in total. The molecule has 3 aromatic rings. The standard InChI is InChI=1S/C27H30N2O2/c1-16(2)20-11-10-17(3)23(14-20)29-13-12-21-26(27(29)30)24(31-6)15-22(28-21)25-18(4)8-7-9-19(25)5/h7-11,14-16H,12-13H2,1-6H3. The van der Waals surface area contributed by atoms with Crippen LogP contribution in [-0.4, -0.2) is 24.5 Å². The molecule has 1 aliphatic rings. The number of aryl methyl sites for hydroxylation is 3. The van der Waals surface area contributed by atoms with Crippen molar-refractivity contribution >= 4 is 11.6 Å². The Bertz CT molecular complexity index is 1130. The van der Waals surface area contributed by atoms with Gasteiger partial charge in [0, 0.05) is 30.3 Å². The van der Waals surface area contributed by atoms with E-state index < -0.39 is 0 Å². The van der Waals surface area contributed by atoms with Gasteiger partial charge in [-0.1, -0.05) is 44.2 Å². The monoisotopic (exact) mass is 414 g/mol. The molecule has 0 aliphatic carbocycles. The van der Waals surface area contributed by atoms with Gasteiger partial charge in [-0.15, -0.1) is 0 Å². The van der Waals surface area contributed by atoms with Crippen LogP contribution in [0.15, 0.2) is 42.5 Å². The number of benzene rings is 2. The van der Waals surface area contributed by atoms with Crippen LogP contribution in [0.2, 0.25) is 0 Å². The fraction of sp³-hybridized carbons (Fsp3) is 0.333. The van der Waals surface area contributed by atoms with Gasteiger partial charge >= 0.3 is 0 Å². The molecule has 1 amide bonds. The van der Waals surface area contributed by atoms with Crippen LogP contribution in [0.25, 0.3) is 11.3 Å². The summed E-state index contributed by atoms with van der Waals surface area (Å²) in [5.41, 5.74) is 9.01. The maximum atomic E-state index is 13.6. The van der Waals surface area contributed by atoms with Crippen LogP contribution in [0.3, 0.4) is 0 Å². The average Bonchev–Trinajstić information content (AvgIpc) is 2.73. The summed E-state index contributed by atoms with van der Waals surface area (Å²) in [6.07, 6.45) is 0.696. The lowest BCUT2D eigenvalue weighted by Crippen LogP contribution is -2.39. The maximum Gasteiger partial charge on any atom is 0.263 e. The minimum Gasteiger partial charge on any atom is -0.496 e.